The first-order valence-electron chi connectivity index (χ1n) is 9.06. The second kappa shape index (κ2) is 9.54. The summed E-state index contributed by atoms with van der Waals surface area (Å²) in [6, 6.07) is 0. The fourth-order valence-corrected chi connectivity index (χ4v) is 15.0. The molecule has 0 bridgehead atoms. The topological polar surface area (TPSA) is 0 Å². The van der Waals surface area contributed by atoms with Crippen LogP contribution in [0.3, 0.4) is 0 Å². The van der Waals surface area contributed by atoms with Crippen LogP contribution in [0, 0.1) is 5.41 Å². The van der Waals surface area contributed by atoms with E-state index in [1.807, 2.05) is 3.28 Å². The van der Waals surface area contributed by atoms with Crippen molar-refractivity contribution in [2.45, 2.75) is 69.1 Å². The molecule has 0 heterocycles. The van der Waals surface area contributed by atoms with Crippen LogP contribution >= 0.6 is 24.8 Å². The molecule has 0 aliphatic heterocycles. The molecule has 2 aliphatic carbocycles. The van der Waals surface area contributed by atoms with E-state index < -0.39 is 18.9 Å². The summed E-state index contributed by atoms with van der Waals surface area (Å²) in [5, 5.41) is 0. The van der Waals surface area contributed by atoms with Crippen LogP contribution in [0.2, 0.25) is 9.26 Å². The van der Waals surface area contributed by atoms with E-state index in [0.717, 1.165) is 0 Å². The minimum atomic E-state index is -2.17. The molecule has 0 saturated heterocycles. The van der Waals surface area contributed by atoms with Gasteiger partial charge in [0.05, 0.1) is 0 Å². The molecule has 0 nitrogen and oxygen atoms in total. The smallest absolute Gasteiger partial charge is 0.147 e. The normalized spacial score (nSPS) is 23.3. The van der Waals surface area contributed by atoms with Crippen molar-refractivity contribution in [2.75, 3.05) is 0 Å². The number of rotatable bonds is 6. The van der Waals surface area contributed by atoms with Gasteiger partial charge < -0.3 is 0 Å². The third-order valence-corrected chi connectivity index (χ3v) is 12.8. The van der Waals surface area contributed by atoms with Gasteiger partial charge in [-0.1, -0.05) is 0 Å². The zero-order valence-electron chi connectivity index (χ0n) is 16.3. The molecule has 24 heavy (non-hydrogen) atoms. The number of allylic oxidation sites excluding steroid dienone is 8. The molecule has 2 aliphatic rings. The average molecular weight is 466 g/mol. The largest absolute Gasteiger partial charge is 0.147 e. The van der Waals surface area contributed by atoms with Crippen molar-refractivity contribution in [1.29, 1.82) is 0 Å². The molecule has 137 valence electrons. The number of hydrogen-bond donors (Lipinski definition) is 0. The standard InChI is InChI=1S/C18H25.2CH3.2ClH.H2Si.Zr/c1-5-14-13-18(8-4,15-11-9-10-12-15)17(7-3)16(14)6-2;;;;;;/h9-11H,5-8,12H2,1-4H3;2*1H3;2*1H;1H2;. The van der Waals surface area contributed by atoms with E-state index in [4.69, 9.17) is 0 Å². The molecule has 1 atom stereocenters. The van der Waals surface area contributed by atoms with Crippen LogP contribution in [-0.2, 0) is 18.9 Å². The quantitative estimate of drug-likeness (QED) is 0.383. The Hall–Kier alpha value is 0.640. The van der Waals surface area contributed by atoms with Crippen molar-refractivity contribution in [2.24, 2.45) is 5.41 Å². The molecule has 0 fully saturated rings. The summed E-state index contributed by atoms with van der Waals surface area (Å²) in [6.07, 6.45) is 13.1. The summed E-state index contributed by atoms with van der Waals surface area (Å²) in [7, 11) is 0. The molecule has 0 radical (unpaired) electrons. The number of halogens is 2. The maximum atomic E-state index is 2.64. The van der Waals surface area contributed by atoms with Gasteiger partial charge in [0.1, 0.15) is 0 Å². The van der Waals surface area contributed by atoms with Crippen molar-refractivity contribution in [1.82, 2.24) is 0 Å². The summed E-state index contributed by atoms with van der Waals surface area (Å²) in [6.45, 7) is 11.9. The summed E-state index contributed by atoms with van der Waals surface area (Å²) in [5.41, 5.74) is 7.25. The van der Waals surface area contributed by atoms with Gasteiger partial charge in [-0.05, 0) is 0 Å². The van der Waals surface area contributed by atoms with E-state index in [0.29, 0.717) is 0 Å². The van der Waals surface area contributed by atoms with Crippen molar-refractivity contribution >= 4 is 31.7 Å². The Morgan fingerprint density at radius 3 is 1.92 bits per heavy atom. The minimum Gasteiger partial charge on any atom is -0.147 e. The predicted octanol–water partition coefficient (Wildman–Crippen LogP) is 6.71. The molecule has 4 heteroatoms. The van der Waals surface area contributed by atoms with E-state index >= 15 is 0 Å². The first-order chi connectivity index (χ1) is 10.4. The van der Waals surface area contributed by atoms with Crippen molar-refractivity contribution in [3.8, 4) is 0 Å². The Morgan fingerprint density at radius 1 is 1.00 bits per heavy atom. The summed E-state index contributed by atoms with van der Waals surface area (Å²) in [4.78, 5) is 0. The zero-order valence-corrected chi connectivity index (χ0v) is 21.8. The predicted molar refractivity (Wildman–Crippen MR) is 114 cm³/mol. The summed E-state index contributed by atoms with van der Waals surface area (Å²) < 4.78 is 7.21. The molecule has 0 aromatic carbocycles. The van der Waals surface area contributed by atoms with Crippen LogP contribution in [0.15, 0.2) is 43.8 Å². The van der Waals surface area contributed by atoms with E-state index in [2.05, 4.69) is 62.1 Å². The third kappa shape index (κ3) is 3.83. The summed E-state index contributed by atoms with van der Waals surface area (Å²) >= 11 is -2.17. The zero-order chi connectivity index (χ0) is 16.5. The van der Waals surface area contributed by atoms with Gasteiger partial charge in [0, 0.05) is 0 Å². The van der Waals surface area contributed by atoms with Crippen molar-refractivity contribution < 1.29 is 18.9 Å². The maximum Gasteiger partial charge on any atom is -0.147 e. The van der Waals surface area contributed by atoms with E-state index in [1.165, 1.54) is 32.1 Å². The van der Waals surface area contributed by atoms with Crippen LogP contribution in [0.1, 0.15) is 59.8 Å². The molecule has 0 N–H and O–H groups in total. The SMILES string of the molecule is CCC1=C(CC)C(CC)(C2=CC=CC2)[C]([Zr]([CH3])([CH3])=[SiH2])=C1CC.Cl.Cl. The van der Waals surface area contributed by atoms with Gasteiger partial charge in [0.15, 0.2) is 0 Å². The van der Waals surface area contributed by atoms with Gasteiger partial charge >= 0.3 is 144 Å². The molecule has 1 unspecified atom stereocenters. The van der Waals surface area contributed by atoms with E-state index in [9.17, 15) is 0 Å². The first kappa shape index (κ1) is 24.6. The fraction of sp³-hybridized carbons (Fsp3) is 0.600. The van der Waals surface area contributed by atoms with Gasteiger partial charge in [-0.3, -0.25) is 0 Å². The van der Waals surface area contributed by atoms with Crippen LogP contribution in [-0.4, -0.2) is 6.88 Å². The van der Waals surface area contributed by atoms with E-state index in [-0.39, 0.29) is 30.2 Å². The molecular weight excluding hydrogens is 430 g/mol. The molecule has 0 amide bonds. The molecule has 0 aromatic heterocycles. The molecule has 0 spiro atoms. The van der Waals surface area contributed by atoms with Gasteiger partial charge in [-0.15, -0.1) is 24.8 Å². The van der Waals surface area contributed by atoms with Crippen LogP contribution in [0.4, 0.5) is 0 Å². The van der Waals surface area contributed by atoms with Gasteiger partial charge in [-0.25, -0.2) is 0 Å². The molecule has 2 rings (SSSR count). The Morgan fingerprint density at radius 2 is 1.58 bits per heavy atom. The Bertz CT molecular complexity index is 634. The number of hydrogen-bond acceptors (Lipinski definition) is 0. The van der Waals surface area contributed by atoms with Crippen molar-refractivity contribution in [3.05, 3.63) is 43.8 Å². The fourth-order valence-electron chi connectivity index (χ4n) is 5.05. The Kier molecular flexibility index (Phi) is 9.79. The van der Waals surface area contributed by atoms with Crippen LogP contribution in [0.5, 0.6) is 0 Å². The molecule has 0 aromatic rings. The van der Waals surface area contributed by atoms with Crippen LogP contribution < -0.4 is 0 Å². The van der Waals surface area contributed by atoms with Gasteiger partial charge in [0.2, 0.25) is 0 Å². The second-order valence-corrected chi connectivity index (χ2v) is 28.3. The van der Waals surface area contributed by atoms with Crippen molar-refractivity contribution in [3.63, 3.8) is 0 Å². The minimum absolute atomic E-state index is 0. The third-order valence-electron chi connectivity index (χ3n) is 5.56. The second-order valence-electron chi connectivity index (χ2n) is 7.34. The Labute approximate surface area is 167 Å². The monoisotopic (exact) mass is 463 g/mol. The van der Waals surface area contributed by atoms with Gasteiger partial charge in [0.25, 0.3) is 0 Å². The molecule has 0 saturated carbocycles. The summed E-state index contributed by atoms with van der Waals surface area (Å²) in [5.74, 6) is 0. The molecular formula is C20H35Cl2SiZr. The van der Waals surface area contributed by atoms with Gasteiger partial charge in [-0.2, -0.15) is 0 Å². The van der Waals surface area contributed by atoms with E-state index in [1.54, 1.807) is 22.3 Å². The van der Waals surface area contributed by atoms with Crippen LogP contribution in [0.25, 0.3) is 0 Å². The average Bonchev–Trinajstić information content (AvgIpc) is 3.09. The Balaban J connectivity index is 0.00000264. The maximum absolute atomic E-state index is 2.64. The first-order valence-corrected chi connectivity index (χ1v) is 21.1.